The molecule has 1 fully saturated rings. The fraction of sp³-hybridized carbons (Fsp3) is 0.700. The Morgan fingerprint density at radius 3 is 2.47 bits per heavy atom. The number of carbonyl (C=O) groups is 1. The van der Waals surface area contributed by atoms with Crippen LogP contribution in [0.3, 0.4) is 0 Å². The van der Waals surface area contributed by atoms with E-state index < -0.39 is 23.5 Å². The first-order valence-corrected chi connectivity index (χ1v) is 5.84. The summed E-state index contributed by atoms with van der Waals surface area (Å²) >= 11 is 0. The highest BCUT2D eigenvalue weighted by Crippen LogP contribution is 2.44. The molecule has 0 saturated heterocycles. The summed E-state index contributed by atoms with van der Waals surface area (Å²) in [6.45, 7) is -0.511. The molecule has 1 saturated carbocycles. The zero-order valence-electron chi connectivity index (χ0n) is 10.2. The van der Waals surface area contributed by atoms with Gasteiger partial charge in [0.05, 0.1) is 25.4 Å². The third-order valence-corrected chi connectivity index (χ3v) is 3.68. The number of carbonyl (C=O) groups excluding carboxylic acids is 1. The molecule has 1 aliphatic rings. The van der Waals surface area contributed by atoms with E-state index in [1.165, 1.54) is 4.68 Å². The molecule has 7 N–H and O–H groups in total. The molecule has 0 unspecified atom stereocenters. The van der Waals surface area contributed by atoms with Gasteiger partial charge < -0.3 is 26.8 Å². The van der Waals surface area contributed by atoms with Crippen molar-refractivity contribution in [2.45, 2.75) is 25.0 Å². The SMILES string of the molecule is NC(=O)c1nnn([C@@H]2CC(CO)(CO)C[C@H]2O)c1N. The Bertz CT molecular complexity index is 484. The van der Waals surface area contributed by atoms with Gasteiger partial charge in [0.25, 0.3) is 5.91 Å². The first kappa shape index (κ1) is 13.7. The first-order chi connectivity index (χ1) is 8.94. The number of rotatable bonds is 4. The standard InChI is InChI=1S/C10H17N5O4/c11-8-7(9(12)19)13-14-15(8)5-1-10(3-16,4-17)2-6(5)18/h5-6,16-18H,1-4,11H2,(H2,12,19)/t5-,6-/m1/s1. The van der Waals surface area contributed by atoms with Crippen LogP contribution >= 0.6 is 0 Å². The molecule has 0 bridgehead atoms. The van der Waals surface area contributed by atoms with Gasteiger partial charge in [-0.05, 0) is 12.8 Å². The maximum atomic E-state index is 11.1. The number of hydrogen-bond donors (Lipinski definition) is 5. The molecule has 1 amide bonds. The van der Waals surface area contributed by atoms with E-state index in [2.05, 4.69) is 10.3 Å². The van der Waals surface area contributed by atoms with Gasteiger partial charge in [-0.25, -0.2) is 4.68 Å². The molecule has 1 aromatic rings. The summed E-state index contributed by atoms with van der Waals surface area (Å²) in [6.07, 6.45) is -0.341. The summed E-state index contributed by atoms with van der Waals surface area (Å²) in [6, 6.07) is -0.556. The van der Waals surface area contributed by atoms with Crippen LogP contribution in [-0.2, 0) is 0 Å². The number of anilines is 1. The van der Waals surface area contributed by atoms with Crippen molar-refractivity contribution in [3.05, 3.63) is 5.69 Å². The summed E-state index contributed by atoms with van der Waals surface area (Å²) < 4.78 is 1.22. The number of aliphatic hydroxyl groups is 3. The van der Waals surface area contributed by atoms with Gasteiger partial charge in [0.1, 0.15) is 0 Å². The highest BCUT2D eigenvalue weighted by Gasteiger charge is 2.46. The largest absolute Gasteiger partial charge is 0.396 e. The Kier molecular flexibility index (Phi) is 3.43. The predicted octanol–water partition coefficient (Wildman–Crippen LogP) is -2.37. The summed E-state index contributed by atoms with van der Waals surface area (Å²) in [5.74, 6) is -0.824. The smallest absolute Gasteiger partial charge is 0.273 e. The van der Waals surface area contributed by atoms with E-state index in [4.69, 9.17) is 11.5 Å². The van der Waals surface area contributed by atoms with Crippen molar-refractivity contribution in [2.24, 2.45) is 11.1 Å². The van der Waals surface area contributed by atoms with Crippen molar-refractivity contribution in [1.82, 2.24) is 15.0 Å². The highest BCUT2D eigenvalue weighted by molar-refractivity contribution is 5.94. The average molecular weight is 271 g/mol. The van der Waals surface area contributed by atoms with Gasteiger partial charge in [-0.1, -0.05) is 5.21 Å². The van der Waals surface area contributed by atoms with E-state index in [9.17, 15) is 20.1 Å². The molecule has 0 spiro atoms. The number of primary amides is 1. The Hall–Kier alpha value is -1.71. The summed E-state index contributed by atoms with van der Waals surface area (Å²) in [5, 5.41) is 36.0. The lowest BCUT2D eigenvalue weighted by Gasteiger charge is -2.23. The maximum Gasteiger partial charge on any atom is 0.273 e. The van der Waals surface area contributed by atoms with E-state index >= 15 is 0 Å². The summed E-state index contributed by atoms with van der Waals surface area (Å²) in [7, 11) is 0. The van der Waals surface area contributed by atoms with Crippen LogP contribution in [0.15, 0.2) is 0 Å². The van der Waals surface area contributed by atoms with Crippen molar-refractivity contribution in [3.63, 3.8) is 0 Å². The third-order valence-electron chi connectivity index (χ3n) is 3.68. The van der Waals surface area contributed by atoms with Crippen molar-refractivity contribution in [3.8, 4) is 0 Å². The Morgan fingerprint density at radius 1 is 1.42 bits per heavy atom. The lowest BCUT2D eigenvalue weighted by atomic mass is 9.88. The molecule has 106 valence electrons. The second-order valence-corrected chi connectivity index (χ2v) is 4.99. The molecule has 2 atom stereocenters. The van der Waals surface area contributed by atoms with Gasteiger partial charge in [0.2, 0.25) is 0 Å². The van der Waals surface area contributed by atoms with Gasteiger partial charge in [-0.3, -0.25) is 4.79 Å². The molecule has 9 nitrogen and oxygen atoms in total. The Morgan fingerprint density at radius 2 is 2.05 bits per heavy atom. The monoisotopic (exact) mass is 271 g/mol. The quantitative estimate of drug-likeness (QED) is 0.408. The second kappa shape index (κ2) is 4.76. The normalized spacial score (nSPS) is 25.6. The van der Waals surface area contributed by atoms with Crippen LogP contribution in [0.2, 0.25) is 0 Å². The molecule has 19 heavy (non-hydrogen) atoms. The number of nitrogens with zero attached hydrogens (tertiary/aromatic N) is 3. The molecule has 1 aromatic heterocycles. The van der Waals surface area contributed by atoms with E-state index in [1.54, 1.807) is 0 Å². The minimum atomic E-state index is -0.843. The molecule has 9 heteroatoms. The van der Waals surface area contributed by atoms with Crippen molar-refractivity contribution < 1.29 is 20.1 Å². The van der Waals surface area contributed by atoms with E-state index in [0.29, 0.717) is 0 Å². The van der Waals surface area contributed by atoms with Crippen molar-refractivity contribution >= 4 is 11.7 Å². The fourth-order valence-electron chi connectivity index (χ4n) is 2.52. The lowest BCUT2D eigenvalue weighted by Crippen LogP contribution is -2.27. The van der Waals surface area contributed by atoms with Gasteiger partial charge >= 0.3 is 0 Å². The molecule has 2 rings (SSSR count). The number of aliphatic hydroxyl groups excluding tert-OH is 3. The van der Waals surface area contributed by atoms with Crippen molar-refractivity contribution in [2.75, 3.05) is 18.9 Å². The predicted molar refractivity (Wildman–Crippen MR) is 63.8 cm³/mol. The molecule has 0 aliphatic heterocycles. The molecular formula is C10H17N5O4. The maximum absolute atomic E-state index is 11.1. The number of hydrogen-bond acceptors (Lipinski definition) is 7. The van der Waals surface area contributed by atoms with Gasteiger partial charge in [-0.2, -0.15) is 0 Å². The molecule has 1 heterocycles. The van der Waals surface area contributed by atoms with Crippen LogP contribution in [0.25, 0.3) is 0 Å². The van der Waals surface area contributed by atoms with Crippen LogP contribution in [0.4, 0.5) is 5.82 Å². The topological polar surface area (TPSA) is 161 Å². The zero-order chi connectivity index (χ0) is 14.2. The zero-order valence-corrected chi connectivity index (χ0v) is 10.2. The summed E-state index contributed by atoms with van der Waals surface area (Å²) in [5.41, 5.74) is 9.87. The molecule has 0 radical (unpaired) electrons. The summed E-state index contributed by atoms with van der Waals surface area (Å²) in [4.78, 5) is 11.1. The van der Waals surface area contributed by atoms with E-state index in [-0.39, 0.29) is 37.6 Å². The second-order valence-electron chi connectivity index (χ2n) is 4.99. The van der Waals surface area contributed by atoms with Crippen LogP contribution in [-0.4, -0.2) is 55.5 Å². The van der Waals surface area contributed by atoms with E-state index in [0.717, 1.165) is 0 Å². The molecule has 0 aromatic carbocycles. The highest BCUT2D eigenvalue weighted by atomic mass is 16.3. The lowest BCUT2D eigenvalue weighted by molar-refractivity contribution is 0.0466. The third kappa shape index (κ3) is 2.15. The number of nitrogen functional groups attached to an aromatic ring is 1. The van der Waals surface area contributed by atoms with Crippen LogP contribution in [0, 0.1) is 5.41 Å². The van der Waals surface area contributed by atoms with Crippen LogP contribution in [0.5, 0.6) is 0 Å². The number of amides is 1. The van der Waals surface area contributed by atoms with Gasteiger partial charge in [0.15, 0.2) is 11.5 Å². The first-order valence-electron chi connectivity index (χ1n) is 5.84. The van der Waals surface area contributed by atoms with Crippen LogP contribution < -0.4 is 11.5 Å². The number of aromatic nitrogens is 3. The average Bonchev–Trinajstić information content (AvgIpc) is 2.90. The van der Waals surface area contributed by atoms with Crippen LogP contribution in [0.1, 0.15) is 29.4 Å². The number of nitrogens with two attached hydrogens (primary N) is 2. The fourth-order valence-corrected chi connectivity index (χ4v) is 2.52. The van der Waals surface area contributed by atoms with Gasteiger partial charge in [0, 0.05) is 5.41 Å². The van der Waals surface area contributed by atoms with Gasteiger partial charge in [-0.15, -0.1) is 5.10 Å². The van der Waals surface area contributed by atoms with Crippen molar-refractivity contribution in [1.29, 1.82) is 0 Å². The molecule has 1 aliphatic carbocycles. The van der Waals surface area contributed by atoms with E-state index in [1.807, 2.05) is 0 Å². The Balaban J connectivity index is 2.31. The minimum absolute atomic E-state index is 0.0248. The molecular weight excluding hydrogens is 254 g/mol. The Labute approximate surface area is 108 Å². The minimum Gasteiger partial charge on any atom is -0.396 e.